The third-order valence-electron chi connectivity index (χ3n) is 13.9. The summed E-state index contributed by atoms with van der Waals surface area (Å²) < 4.78 is 53.2. The van der Waals surface area contributed by atoms with Crippen molar-refractivity contribution in [2.45, 2.75) is 45.3 Å². The first-order chi connectivity index (χ1) is 40.7. The van der Waals surface area contributed by atoms with Crippen LogP contribution in [0.5, 0.6) is 11.5 Å². The molecule has 0 saturated carbocycles. The zero-order valence-electron chi connectivity index (χ0n) is 46.7. The molecule has 2 aromatic carbocycles. The highest BCUT2D eigenvalue weighted by molar-refractivity contribution is 9.10. The van der Waals surface area contributed by atoms with Crippen LogP contribution in [-0.2, 0) is 36.9 Å². The van der Waals surface area contributed by atoms with Crippen LogP contribution in [0, 0.1) is 11.6 Å². The number of nitrogens with zero attached hydrogens (tertiary/aromatic N) is 13. The second-order valence-corrected chi connectivity index (χ2v) is 22.1. The highest BCUT2D eigenvalue weighted by Crippen LogP contribution is 2.37. The van der Waals surface area contributed by atoms with Crippen LogP contribution >= 0.6 is 39.1 Å². The fourth-order valence-corrected chi connectivity index (χ4v) is 9.43. The molecule has 10 aromatic heterocycles. The molecule has 13 rings (SSSR count). The van der Waals surface area contributed by atoms with Gasteiger partial charge in [0.1, 0.15) is 16.2 Å². The lowest BCUT2D eigenvalue weighted by Crippen LogP contribution is -2.41. The standard InChI is InChI=1S/C31H21F2N5O3.C12H9ClN4.C10H17BN2O2.C8H4BrClN2/c1-37-18-20(16-36-37)26-15-27-24(17-35-26)29(10-11-34-27)41-30-9-4-19(13-25(30)33)14-28(39)23-3-2-12-38(31(23)40)22-7-5-21(32)6-8-22;1-17-7-8(5-16-17)11-4-12-9(6-15-11)10(13)2-3-14-12;1-9(2)10(3,4)15-11(14-9)8-6-12-13(5)7-8;9-8-3-7-5(4-12-8)6(10)1-2-11-7/h2-13,15-18H,14H2,1H3;2-7H,1H3;6-7H,1-5H3;1-4H. The topological polar surface area (TPSA) is 198 Å². The van der Waals surface area contributed by atoms with Crippen LogP contribution in [0.15, 0.2) is 181 Å². The number of carbonyl (C=O) groups excluding carboxylic acids is 1. The molecular weight excluding hydrogens is 1190 g/mol. The van der Waals surface area contributed by atoms with Gasteiger partial charge in [-0.2, -0.15) is 15.3 Å². The molecule has 0 aliphatic carbocycles. The number of ketones is 1. The summed E-state index contributed by atoms with van der Waals surface area (Å²) in [7, 11) is 5.27. The van der Waals surface area contributed by atoms with Gasteiger partial charge in [0.15, 0.2) is 17.3 Å². The molecule has 11 heterocycles. The van der Waals surface area contributed by atoms with Crippen molar-refractivity contribution in [1.82, 2.24) is 63.8 Å². The van der Waals surface area contributed by atoms with E-state index in [1.807, 2.05) is 79.6 Å². The Labute approximate surface area is 504 Å². The van der Waals surface area contributed by atoms with Crippen LogP contribution in [0.1, 0.15) is 43.6 Å². The first kappa shape index (κ1) is 59.2. The maximum absolute atomic E-state index is 15.1. The molecule has 1 saturated heterocycles. The maximum atomic E-state index is 15.1. The van der Waals surface area contributed by atoms with Crippen LogP contribution in [0.25, 0.3) is 60.9 Å². The van der Waals surface area contributed by atoms with Crippen molar-refractivity contribution >= 4 is 90.2 Å². The predicted molar refractivity (Wildman–Crippen MR) is 326 cm³/mol. The molecule has 1 fully saturated rings. The van der Waals surface area contributed by atoms with Gasteiger partial charge in [-0.3, -0.25) is 53.1 Å². The lowest BCUT2D eigenvalue weighted by molar-refractivity contribution is 0.00578. The van der Waals surface area contributed by atoms with E-state index in [9.17, 15) is 14.0 Å². The Bertz CT molecular complexity index is 4470. The number of Topliss-reactive ketones (excluding diaryl/α,β-unsaturated/α-hetero) is 1. The summed E-state index contributed by atoms with van der Waals surface area (Å²) in [5.74, 6) is -1.25. The minimum absolute atomic E-state index is 0.0385. The number of fused-ring (bicyclic) bond motifs is 3. The van der Waals surface area contributed by atoms with Crippen molar-refractivity contribution in [3.8, 4) is 39.7 Å². The number of halogens is 5. The lowest BCUT2D eigenvalue weighted by atomic mass is 9.82. The summed E-state index contributed by atoms with van der Waals surface area (Å²) in [6.45, 7) is 8.18. The fourth-order valence-electron chi connectivity index (χ4n) is 8.71. The number of carbonyl (C=O) groups is 1. The number of hydrogen-bond acceptors (Lipinski definition) is 14. The van der Waals surface area contributed by atoms with E-state index < -0.39 is 23.0 Å². The first-order valence-corrected chi connectivity index (χ1v) is 27.7. The Kier molecular flexibility index (Phi) is 17.5. The van der Waals surface area contributed by atoms with Crippen molar-refractivity contribution in [3.63, 3.8) is 0 Å². The molecule has 0 spiro atoms. The molecular formula is C61H51BBrCl2F2N13O5. The zero-order chi connectivity index (χ0) is 60.2. The number of rotatable bonds is 9. The molecule has 0 bridgehead atoms. The van der Waals surface area contributed by atoms with Gasteiger partial charge in [-0.25, -0.2) is 13.8 Å². The van der Waals surface area contributed by atoms with Gasteiger partial charge in [0.05, 0.1) is 72.5 Å². The van der Waals surface area contributed by atoms with Gasteiger partial charge in [-0.05, 0) is 134 Å². The van der Waals surface area contributed by atoms with Crippen molar-refractivity contribution in [1.29, 1.82) is 0 Å². The van der Waals surface area contributed by atoms with Crippen LogP contribution in [-0.4, -0.2) is 87.9 Å². The van der Waals surface area contributed by atoms with E-state index in [0.717, 1.165) is 48.7 Å². The number of pyridine rings is 7. The van der Waals surface area contributed by atoms with E-state index in [1.165, 1.54) is 53.2 Å². The Morgan fingerprint density at radius 1 is 0.624 bits per heavy atom. The molecule has 24 heteroatoms. The Hall–Kier alpha value is -8.93. The normalized spacial score (nSPS) is 13.2. The Balaban J connectivity index is 0.000000148. The predicted octanol–water partition coefficient (Wildman–Crippen LogP) is 12.1. The van der Waals surface area contributed by atoms with Crippen LogP contribution in [0.4, 0.5) is 8.78 Å². The van der Waals surface area contributed by atoms with Gasteiger partial charge in [0, 0.05) is 129 Å². The highest BCUT2D eigenvalue weighted by Gasteiger charge is 2.52. The second kappa shape index (κ2) is 25.1. The minimum atomic E-state index is -0.669. The summed E-state index contributed by atoms with van der Waals surface area (Å²) in [5, 5.41) is 16.1. The number of hydrogen-bond donors (Lipinski definition) is 0. The van der Waals surface area contributed by atoms with Crippen LogP contribution < -0.4 is 15.8 Å². The van der Waals surface area contributed by atoms with Gasteiger partial charge < -0.3 is 14.0 Å². The van der Waals surface area contributed by atoms with Gasteiger partial charge >= 0.3 is 7.12 Å². The number of aromatic nitrogens is 13. The average molecular weight is 1250 g/mol. The maximum Gasteiger partial charge on any atom is 0.498 e. The number of benzene rings is 2. The summed E-state index contributed by atoms with van der Waals surface area (Å²) in [4.78, 5) is 51.7. The van der Waals surface area contributed by atoms with Crippen molar-refractivity contribution in [2.75, 3.05) is 0 Å². The molecule has 1 aliphatic rings. The van der Waals surface area contributed by atoms with Gasteiger partial charge in [-0.15, -0.1) is 0 Å². The minimum Gasteiger partial charge on any atom is -0.453 e. The van der Waals surface area contributed by atoms with E-state index in [-0.39, 0.29) is 36.1 Å². The van der Waals surface area contributed by atoms with E-state index in [1.54, 1.807) is 106 Å². The van der Waals surface area contributed by atoms with Crippen molar-refractivity contribution in [3.05, 3.63) is 219 Å². The lowest BCUT2D eigenvalue weighted by Gasteiger charge is -2.32. The van der Waals surface area contributed by atoms with E-state index >= 15 is 4.39 Å². The van der Waals surface area contributed by atoms with E-state index in [0.29, 0.717) is 43.6 Å². The second-order valence-electron chi connectivity index (χ2n) is 20.5. The van der Waals surface area contributed by atoms with E-state index in [4.69, 9.17) is 37.2 Å². The smallest absolute Gasteiger partial charge is 0.453 e. The van der Waals surface area contributed by atoms with Gasteiger partial charge in [0.25, 0.3) is 5.56 Å². The molecule has 12 aromatic rings. The summed E-state index contributed by atoms with van der Waals surface area (Å²) in [6.07, 6.45) is 22.2. The first-order valence-electron chi connectivity index (χ1n) is 26.2. The summed E-state index contributed by atoms with van der Waals surface area (Å²) >= 11 is 15.2. The molecule has 0 unspecified atom stereocenters. The quantitative estimate of drug-likeness (QED) is 0.0751. The molecule has 1 aliphatic heterocycles. The Morgan fingerprint density at radius 2 is 1.16 bits per heavy atom. The third kappa shape index (κ3) is 13.7. The fraction of sp³-hybridized carbons (Fsp3) is 0.164. The van der Waals surface area contributed by atoms with Crippen molar-refractivity contribution < 1.29 is 27.6 Å². The van der Waals surface area contributed by atoms with Gasteiger partial charge in [0.2, 0.25) is 0 Å². The number of aryl methyl sites for hydroxylation is 3. The molecule has 0 N–H and O–H groups in total. The average Bonchev–Trinajstić information content (AvgIpc) is 3.60. The summed E-state index contributed by atoms with van der Waals surface area (Å²) in [5.41, 5.74) is 6.25. The number of ether oxygens (including phenoxy) is 1. The monoisotopic (exact) mass is 1240 g/mol. The Morgan fingerprint density at radius 3 is 1.73 bits per heavy atom. The third-order valence-corrected chi connectivity index (χ3v) is 15.0. The van der Waals surface area contributed by atoms with Crippen molar-refractivity contribution in [2.24, 2.45) is 21.1 Å². The van der Waals surface area contributed by atoms with Crippen LogP contribution in [0.3, 0.4) is 0 Å². The molecule has 18 nitrogen and oxygen atoms in total. The summed E-state index contributed by atoms with van der Waals surface area (Å²) in [6, 6.07) is 23.2. The molecule has 0 amide bonds. The largest absolute Gasteiger partial charge is 0.498 e. The van der Waals surface area contributed by atoms with Gasteiger partial charge in [-0.1, -0.05) is 29.3 Å². The molecule has 0 atom stereocenters. The highest BCUT2D eigenvalue weighted by atomic mass is 79.9. The van der Waals surface area contributed by atoms with Crippen LogP contribution in [0.2, 0.25) is 10.0 Å². The molecule has 0 radical (unpaired) electrons. The molecule has 85 heavy (non-hydrogen) atoms. The van der Waals surface area contributed by atoms with E-state index in [2.05, 4.69) is 61.1 Å². The molecule has 428 valence electrons. The zero-order valence-corrected chi connectivity index (χ0v) is 49.8. The SMILES string of the molecule is Clc1ccnc2cc(Br)ncc12.Cn1cc(-c2cc3nccc(Cl)c3cn2)cn1.Cn1cc(-c2cc3nccc(Oc4ccc(CC(=O)c5cccn(-c6ccc(F)cc6)c5=O)cc4F)c3cn2)cn1.Cn1cc(B2OC(C)(C)C(C)(C)O2)cn1.